The first-order valence-electron chi connectivity index (χ1n) is 21.6. The van der Waals surface area contributed by atoms with Crippen molar-refractivity contribution in [1.82, 2.24) is 10.2 Å². The minimum absolute atomic E-state index is 0.0115. The number of carbonyl (C=O) groups excluding carboxylic acids is 3. The molecule has 16 heteroatoms. The Hall–Kier alpha value is -5.52. The van der Waals surface area contributed by atoms with Gasteiger partial charge in [0, 0.05) is 54.5 Å². The molecule has 1 spiro atoms. The molecule has 3 aliphatic heterocycles. The van der Waals surface area contributed by atoms with Crippen molar-refractivity contribution in [3.8, 4) is 5.75 Å². The number of non-ortho nitro benzene ring substituents is 1. The first kappa shape index (κ1) is 45.5. The number of benzene rings is 4. The van der Waals surface area contributed by atoms with Crippen LogP contribution in [0.2, 0.25) is 18.6 Å². The Labute approximate surface area is 367 Å². The standard InChI is InChI=1S/C47H56FN5O9Si/c1-5-61-37-17-19-40-34(25-37)26-39(49-20-9-10-22-54)45(57)52(40)35-15-11-14-33(24-35)30-51-41-18-16-36(53(59)60)27-38(41)47(46(51)58)31(2)44(63(3,4)48)42(62-47)28-43(56)50(21-23-55)29-32-12-7-6-8-13-32/h6-8,11-19,24-25,27,31,39,42,44,49,54-55H,5,9-10,20-23,26,28-30H2,1-4H3/t31-,39?,42+,44-,47+/m1/s1. The van der Waals surface area contributed by atoms with E-state index in [9.17, 15) is 29.9 Å². The molecule has 3 aliphatic rings. The van der Waals surface area contributed by atoms with Crippen molar-refractivity contribution in [3.05, 3.63) is 123 Å². The molecule has 0 aromatic heterocycles. The molecule has 334 valence electrons. The summed E-state index contributed by atoms with van der Waals surface area (Å²) in [5.41, 5.74) is 1.30. The van der Waals surface area contributed by atoms with Gasteiger partial charge in [-0.05, 0) is 98.9 Å². The van der Waals surface area contributed by atoms with Crippen LogP contribution in [0, 0.1) is 16.0 Å². The maximum absolute atomic E-state index is 16.7. The molecule has 4 aromatic carbocycles. The number of amides is 3. The molecule has 7 rings (SSSR count). The molecule has 3 heterocycles. The molecule has 0 aliphatic carbocycles. The highest BCUT2D eigenvalue weighted by Gasteiger charge is 2.67. The van der Waals surface area contributed by atoms with E-state index in [4.69, 9.17) is 9.47 Å². The van der Waals surface area contributed by atoms with Crippen LogP contribution in [0.25, 0.3) is 0 Å². The zero-order valence-electron chi connectivity index (χ0n) is 36.2. The van der Waals surface area contributed by atoms with Crippen LogP contribution in [0.5, 0.6) is 5.75 Å². The van der Waals surface area contributed by atoms with E-state index in [1.165, 1.54) is 41.1 Å². The molecule has 1 saturated heterocycles. The molecule has 3 N–H and O–H groups in total. The average molecular weight is 882 g/mol. The van der Waals surface area contributed by atoms with Gasteiger partial charge in [-0.1, -0.05) is 49.4 Å². The van der Waals surface area contributed by atoms with Crippen LogP contribution in [0.15, 0.2) is 91.0 Å². The molecule has 3 amide bonds. The molecule has 14 nitrogen and oxygen atoms in total. The van der Waals surface area contributed by atoms with Crippen molar-refractivity contribution in [2.45, 2.75) is 89.0 Å². The lowest BCUT2D eigenvalue weighted by Crippen LogP contribution is -2.49. The molecule has 0 bridgehead atoms. The summed E-state index contributed by atoms with van der Waals surface area (Å²) in [4.78, 5) is 59.9. The smallest absolute Gasteiger partial charge is 0.269 e. The number of aliphatic hydroxyl groups is 2. The molecule has 5 atom stereocenters. The van der Waals surface area contributed by atoms with Crippen molar-refractivity contribution in [2.24, 2.45) is 5.92 Å². The summed E-state index contributed by atoms with van der Waals surface area (Å²) < 4.78 is 29.3. The van der Waals surface area contributed by atoms with E-state index in [2.05, 4.69) is 5.32 Å². The summed E-state index contributed by atoms with van der Waals surface area (Å²) in [5, 5.41) is 34.8. The van der Waals surface area contributed by atoms with E-state index < -0.39 is 48.4 Å². The number of unbranched alkanes of at least 4 members (excludes halogenated alkanes) is 1. The first-order valence-corrected chi connectivity index (χ1v) is 24.6. The summed E-state index contributed by atoms with van der Waals surface area (Å²) in [5.74, 6) is -1.21. The van der Waals surface area contributed by atoms with E-state index in [0.29, 0.717) is 60.8 Å². The van der Waals surface area contributed by atoms with Crippen LogP contribution in [-0.2, 0) is 44.2 Å². The summed E-state index contributed by atoms with van der Waals surface area (Å²) in [6, 6.07) is 25.8. The number of nitrogens with one attached hydrogen (secondary N) is 1. The summed E-state index contributed by atoms with van der Waals surface area (Å²) in [6.07, 6.45) is 0.423. The maximum Gasteiger partial charge on any atom is 0.269 e. The number of nitro benzene ring substituents is 1. The number of carbonyl (C=O) groups is 3. The van der Waals surface area contributed by atoms with Crippen molar-refractivity contribution in [3.63, 3.8) is 0 Å². The van der Waals surface area contributed by atoms with Crippen LogP contribution in [0.4, 0.5) is 26.9 Å². The van der Waals surface area contributed by atoms with E-state index in [-0.39, 0.29) is 62.3 Å². The predicted molar refractivity (Wildman–Crippen MR) is 239 cm³/mol. The topological polar surface area (TPSA) is 175 Å². The highest BCUT2D eigenvalue weighted by molar-refractivity contribution is 6.72. The van der Waals surface area contributed by atoms with Crippen LogP contribution >= 0.6 is 0 Å². The van der Waals surface area contributed by atoms with Crippen molar-refractivity contribution in [2.75, 3.05) is 42.7 Å². The van der Waals surface area contributed by atoms with E-state index in [1.807, 2.05) is 73.7 Å². The van der Waals surface area contributed by atoms with E-state index in [0.717, 1.165) is 11.1 Å². The molecule has 4 aromatic rings. The zero-order valence-corrected chi connectivity index (χ0v) is 37.2. The Morgan fingerprint density at radius 1 is 1.00 bits per heavy atom. The molecule has 0 saturated carbocycles. The SMILES string of the molecule is CCOc1ccc2c(c1)CC(NCCCCO)C(=O)N2c1cccc(CN2C(=O)[C@@]3(O[C@@H](CC(=O)N(CCO)Cc4ccccc4)[C@H]([Si](C)(C)F)[C@H]3C)c3cc([N+](=O)[O-])ccc32)c1. The average Bonchev–Trinajstić information content (AvgIpc) is 3.68. The maximum atomic E-state index is 16.7. The second kappa shape index (κ2) is 19.1. The van der Waals surface area contributed by atoms with E-state index in [1.54, 1.807) is 17.9 Å². The number of ether oxygens (including phenoxy) is 2. The minimum Gasteiger partial charge on any atom is -0.494 e. The first-order chi connectivity index (χ1) is 30.2. The predicted octanol–water partition coefficient (Wildman–Crippen LogP) is 6.68. The van der Waals surface area contributed by atoms with Gasteiger partial charge in [0.25, 0.3) is 11.6 Å². The van der Waals surface area contributed by atoms with Gasteiger partial charge in [-0.15, -0.1) is 0 Å². The van der Waals surface area contributed by atoms with Gasteiger partial charge >= 0.3 is 0 Å². The number of aliphatic hydroxyl groups excluding tert-OH is 2. The molecule has 63 heavy (non-hydrogen) atoms. The lowest BCUT2D eigenvalue weighted by Gasteiger charge is -2.35. The Morgan fingerprint density at radius 3 is 2.44 bits per heavy atom. The highest BCUT2D eigenvalue weighted by Crippen LogP contribution is 2.61. The van der Waals surface area contributed by atoms with Crippen molar-refractivity contribution in [1.29, 1.82) is 0 Å². The number of nitrogens with zero attached hydrogens (tertiary/aromatic N) is 4. The summed E-state index contributed by atoms with van der Waals surface area (Å²) in [7, 11) is -3.72. The fourth-order valence-corrected chi connectivity index (χ4v) is 12.2. The number of nitro groups is 1. The van der Waals surface area contributed by atoms with Crippen LogP contribution in [-0.4, -0.2) is 91.2 Å². The quantitative estimate of drug-likeness (QED) is 0.0322. The van der Waals surface area contributed by atoms with Gasteiger partial charge < -0.3 is 38.9 Å². The number of halogens is 1. The number of fused-ring (bicyclic) bond motifs is 3. The Kier molecular flexibility index (Phi) is 13.8. The van der Waals surface area contributed by atoms with Gasteiger partial charge in [0.05, 0.1) is 54.6 Å². The van der Waals surface area contributed by atoms with Gasteiger partial charge in [0.2, 0.25) is 20.2 Å². The van der Waals surface area contributed by atoms with Crippen LogP contribution in [0.1, 0.15) is 55.4 Å². The monoisotopic (exact) mass is 881 g/mol. The van der Waals surface area contributed by atoms with E-state index >= 15 is 8.90 Å². The fraction of sp³-hybridized carbons (Fsp3) is 0.426. The third kappa shape index (κ3) is 9.13. The Balaban J connectivity index is 1.23. The van der Waals surface area contributed by atoms with Crippen molar-refractivity contribution >= 4 is 48.9 Å². The van der Waals surface area contributed by atoms with Gasteiger partial charge in [-0.3, -0.25) is 29.4 Å². The second-order valence-corrected chi connectivity index (χ2v) is 20.9. The third-order valence-electron chi connectivity index (χ3n) is 12.5. The lowest BCUT2D eigenvalue weighted by molar-refractivity contribution is -0.385. The zero-order chi connectivity index (χ0) is 45.1. The molecular weight excluding hydrogens is 826 g/mol. The second-order valence-electron chi connectivity index (χ2n) is 17.1. The summed E-state index contributed by atoms with van der Waals surface area (Å²) >= 11 is 0. The Bertz CT molecular complexity index is 2330. The Morgan fingerprint density at radius 2 is 1.75 bits per heavy atom. The van der Waals surface area contributed by atoms with Gasteiger partial charge in [0.15, 0.2) is 5.60 Å². The van der Waals surface area contributed by atoms with Gasteiger partial charge in [-0.25, -0.2) is 0 Å². The normalized spacial score (nSPS) is 21.8. The van der Waals surface area contributed by atoms with Gasteiger partial charge in [-0.2, -0.15) is 0 Å². The van der Waals surface area contributed by atoms with Crippen LogP contribution in [0.3, 0.4) is 0 Å². The summed E-state index contributed by atoms with van der Waals surface area (Å²) in [6.45, 7) is 7.69. The van der Waals surface area contributed by atoms with Crippen LogP contribution < -0.4 is 19.9 Å². The molecule has 0 radical (unpaired) electrons. The lowest BCUT2D eigenvalue weighted by atomic mass is 9.82. The molecule has 1 unspecified atom stereocenters. The number of hydrogen-bond acceptors (Lipinski definition) is 10. The number of hydrogen-bond donors (Lipinski definition) is 3. The molecular formula is C47H56FN5O9Si. The highest BCUT2D eigenvalue weighted by atomic mass is 28.4. The van der Waals surface area contributed by atoms with Gasteiger partial charge in [0.1, 0.15) is 5.75 Å². The largest absolute Gasteiger partial charge is 0.494 e. The fourth-order valence-electron chi connectivity index (χ4n) is 9.72. The third-order valence-corrected chi connectivity index (χ3v) is 15.0. The minimum atomic E-state index is -3.72. The number of rotatable bonds is 18. The number of anilines is 3. The molecule has 1 fully saturated rings. The van der Waals surface area contributed by atoms with Crippen molar-refractivity contribution < 1.29 is 43.1 Å².